The van der Waals surface area contributed by atoms with Gasteiger partial charge in [-0.2, -0.15) is 0 Å². The molecule has 4 N–H and O–H groups in total. The molecule has 0 aliphatic heterocycles. The molecular weight excluding hydrogens is 342 g/mol. The van der Waals surface area contributed by atoms with Crippen molar-refractivity contribution in [3.8, 4) is 0 Å². The fourth-order valence-electron chi connectivity index (χ4n) is 2.47. The number of primary sulfonamides is 1. The molecule has 3 rings (SSSR count). The van der Waals surface area contributed by atoms with Gasteiger partial charge in [0.15, 0.2) is 0 Å². The van der Waals surface area contributed by atoms with Crippen LogP contribution < -0.4 is 16.0 Å². The Hall–Kier alpha value is -2.97. The summed E-state index contributed by atoms with van der Waals surface area (Å²) in [5, 5.41) is 8.41. The highest BCUT2D eigenvalue weighted by Gasteiger charge is 2.12. The quantitative estimate of drug-likeness (QED) is 0.647. The number of hydrogen-bond donors (Lipinski definition) is 3. The molecule has 0 bridgehead atoms. The van der Waals surface area contributed by atoms with Gasteiger partial charge in [-0.05, 0) is 23.8 Å². The van der Waals surface area contributed by atoms with Gasteiger partial charge in [-0.1, -0.05) is 30.3 Å². The van der Waals surface area contributed by atoms with Crippen LogP contribution in [0.2, 0.25) is 0 Å². The standard InChI is InChI=1S/C17H15N3O4S/c18-25(23,24)12-7-5-11(6-8-12)10-19-17(22)14-9-16(21)20-15-4-2-1-3-13(14)15/h1-9H,10H2,(H,19,22)(H,20,21)(H2,18,23,24). The maximum atomic E-state index is 12.4. The largest absolute Gasteiger partial charge is 0.348 e. The summed E-state index contributed by atoms with van der Waals surface area (Å²) in [5.74, 6) is -0.391. The van der Waals surface area contributed by atoms with E-state index >= 15 is 0 Å². The Balaban J connectivity index is 1.81. The summed E-state index contributed by atoms with van der Waals surface area (Å²) in [5.41, 5.74) is 1.20. The van der Waals surface area contributed by atoms with Crippen molar-refractivity contribution < 1.29 is 13.2 Å². The van der Waals surface area contributed by atoms with Gasteiger partial charge in [-0.15, -0.1) is 0 Å². The number of carbonyl (C=O) groups is 1. The van der Waals surface area contributed by atoms with E-state index in [1.165, 1.54) is 18.2 Å². The monoisotopic (exact) mass is 357 g/mol. The second-order valence-electron chi connectivity index (χ2n) is 5.46. The van der Waals surface area contributed by atoms with E-state index in [0.717, 1.165) is 0 Å². The number of carbonyl (C=O) groups excluding carboxylic acids is 1. The Morgan fingerprint density at radius 2 is 1.76 bits per heavy atom. The number of nitrogens with one attached hydrogen (secondary N) is 2. The van der Waals surface area contributed by atoms with E-state index in [4.69, 9.17) is 5.14 Å². The number of sulfonamides is 1. The fraction of sp³-hybridized carbons (Fsp3) is 0.0588. The molecule has 0 spiro atoms. The second kappa shape index (κ2) is 6.50. The number of amides is 1. The fourth-order valence-corrected chi connectivity index (χ4v) is 2.98. The maximum absolute atomic E-state index is 12.4. The first kappa shape index (κ1) is 16.9. The van der Waals surface area contributed by atoms with Crippen molar-refractivity contribution in [3.05, 3.63) is 76.1 Å². The second-order valence-corrected chi connectivity index (χ2v) is 7.03. The first-order valence-corrected chi connectivity index (χ1v) is 8.91. The molecule has 0 radical (unpaired) electrons. The van der Waals surface area contributed by atoms with Crippen LogP contribution in [0.3, 0.4) is 0 Å². The van der Waals surface area contributed by atoms with Gasteiger partial charge < -0.3 is 10.3 Å². The van der Waals surface area contributed by atoms with E-state index in [0.29, 0.717) is 16.5 Å². The maximum Gasteiger partial charge on any atom is 0.252 e. The van der Waals surface area contributed by atoms with Crippen molar-refractivity contribution in [2.45, 2.75) is 11.4 Å². The van der Waals surface area contributed by atoms with Gasteiger partial charge >= 0.3 is 0 Å². The Kier molecular flexibility index (Phi) is 4.39. The van der Waals surface area contributed by atoms with Gasteiger partial charge in [0.25, 0.3) is 5.91 Å². The molecule has 0 aliphatic carbocycles. The van der Waals surface area contributed by atoms with Crippen LogP contribution in [0.5, 0.6) is 0 Å². The van der Waals surface area contributed by atoms with E-state index in [9.17, 15) is 18.0 Å². The number of H-pyrrole nitrogens is 1. The van der Waals surface area contributed by atoms with Crippen LogP contribution in [-0.2, 0) is 16.6 Å². The van der Waals surface area contributed by atoms with Crippen LogP contribution in [0, 0.1) is 0 Å². The lowest BCUT2D eigenvalue weighted by Gasteiger charge is -2.08. The van der Waals surface area contributed by atoms with Crippen LogP contribution >= 0.6 is 0 Å². The lowest BCUT2D eigenvalue weighted by molar-refractivity contribution is 0.0952. The van der Waals surface area contributed by atoms with Crippen LogP contribution in [0.25, 0.3) is 10.9 Å². The van der Waals surface area contributed by atoms with E-state index in [1.54, 1.807) is 36.4 Å². The van der Waals surface area contributed by atoms with Crippen molar-refractivity contribution in [2.75, 3.05) is 0 Å². The molecule has 128 valence electrons. The number of pyridine rings is 1. The topological polar surface area (TPSA) is 122 Å². The highest BCUT2D eigenvalue weighted by Crippen LogP contribution is 2.15. The molecule has 0 atom stereocenters. The minimum absolute atomic E-state index is 0.00293. The van der Waals surface area contributed by atoms with E-state index in [2.05, 4.69) is 10.3 Å². The molecule has 0 aliphatic rings. The molecule has 0 saturated heterocycles. The minimum Gasteiger partial charge on any atom is -0.348 e. The third-order valence-electron chi connectivity index (χ3n) is 3.70. The van der Waals surface area contributed by atoms with Crippen molar-refractivity contribution in [2.24, 2.45) is 5.14 Å². The zero-order valence-corrected chi connectivity index (χ0v) is 13.8. The van der Waals surface area contributed by atoms with Gasteiger partial charge in [0.2, 0.25) is 15.6 Å². The molecule has 0 saturated carbocycles. The van der Waals surface area contributed by atoms with E-state index in [-0.39, 0.29) is 22.6 Å². The zero-order valence-electron chi connectivity index (χ0n) is 13.0. The van der Waals surface area contributed by atoms with Gasteiger partial charge in [0, 0.05) is 23.5 Å². The Morgan fingerprint density at radius 1 is 1.08 bits per heavy atom. The third kappa shape index (κ3) is 3.76. The molecule has 0 unspecified atom stereocenters. The molecule has 3 aromatic rings. The normalized spacial score (nSPS) is 11.4. The Morgan fingerprint density at radius 3 is 2.44 bits per heavy atom. The van der Waals surface area contributed by atoms with E-state index < -0.39 is 15.9 Å². The molecule has 2 aromatic carbocycles. The molecule has 1 heterocycles. The molecular formula is C17H15N3O4S. The van der Waals surface area contributed by atoms with Crippen molar-refractivity contribution >= 4 is 26.8 Å². The lowest BCUT2D eigenvalue weighted by atomic mass is 10.1. The summed E-state index contributed by atoms with van der Waals surface area (Å²) in [6.07, 6.45) is 0. The van der Waals surface area contributed by atoms with Gasteiger partial charge in [0.05, 0.1) is 10.5 Å². The number of nitrogens with two attached hydrogens (primary N) is 1. The minimum atomic E-state index is -3.75. The van der Waals surface area contributed by atoms with Crippen LogP contribution in [-0.4, -0.2) is 19.3 Å². The molecule has 8 heteroatoms. The van der Waals surface area contributed by atoms with Crippen LogP contribution in [0.1, 0.15) is 15.9 Å². The first-order valence-electron chi connectivity index (χ1n) is 7.36. The number of fused-ring (bicyclic) bond motifs is 1. The summed E-state index contributed by atoms with van der Waals surface area (Å²) in [6, 6.07) is 14.2. The van der Waals surface area contributed by atoms with Gasteiger partial charge in [-0.25, -0.2) is 13.6 Å². The highest BCUT2D eigenvalue weighted by atomic mass is 32.2. The summed E-state index contributed by atoms with van der Waals surface area (Å²) < 4.78 is 22.5. The van der Waals surface area contributed by atoms with E-state index in [1.807, 2.05) is 0 Å². The Bertz CT molecular complexity index is 1100. The average molecular weight is 357 g/mol. The molecule has 25 heavy (non-hydrogen) atoms. The summed E-state index contributed by atoms with van der Waals surface area (Å²) in [7, 11) is -3.75. The lowest BCUT2D eigenvalue weighted by Crippen LogP contribution is -2.24. The SMILES string of the molecule is NS(=O)(=O)c1ccc(CNC(=O)c2cc(=O)[nH]c3ccccc23)cc1. The zero-order chi connectivity index (χ0) is 18.0. The Labute approximate surface area is 143 Å². The molecule has 0 fully saturated rings. The number of rotatable bonds is 4. The number of benzene rings is 2. The van der Waals surface area contributed by atoms with Crippen molar-refractivity contribution in [1.29, 1.82) is 0 Å². The van der Waals surface area contributed by atoms with Crippen LogP contribution in [0.4, 0.5) is 0 Å². The highest BCUT2D eigenvalue weighted by molar-refractivity contribution is 7.89. The smallest absolute Gasteiger partial charge is 0.252 e. The predicted octanol–water partition coefficient (Wildman–Crippen LogP) is 1.11. The number of hydrogen-bond acceptors (Lipinski definition) is 4. The number of aromatic nitrogens is 1. The molecule has 1 aromatic heterocycles. The summed E-state index contributed by atoms with van der Waals surface area (Å²) >= 11 is 0. The number of para-hydroxylation sites is 1. The first-order chi connectivity index (χ1) is 11.8. The predicted molar refractivity (Wildman–Crippen MR) is 93.6 cm³/mol. The van der Waals surface area contributed by atoms with Crippen molar-refractivity contribution in [3.63, 3.8) is 0 Å². The number of aromatic amines is 1. The third-order valence-corrected chi connectivity index (χ3v) is 4.63. The van der Waals surface area contributed by atoms with Gasteiger partial charge in [-0.3, -0.25) is 9.59 Å². The van der Waals surface area contributed by atoms with Crippen molar-refractivity contribution in [1.82, 2.24) is 10.3 Å². The average Bonchev–Trinajstić information content (AvgIpc) is 2.58. The molecule has 1 amide bonds. The summed E-state index contributed by atoms with van der Waals surface area (Å²) in [6.45, 7) is 0.185. The van der Waals surface area contributed by atoms with Crippen LogP contribution in [0.15, 0.2) is 64.3 Å². The molecule has 7 nitrogen and oxygen atoms in total. The summed E-state index contributed by atoms with van der Waals surface area (Å²) in [4.78, 5) is 26.8. The van der Waals surface area contributed by atoms with Gasteiger partial charge in [0.1, 0.15) is 0 Å².